The minimum Gasteiger partial charge on any atom is -0.496 e. The molecule has 1 saturated carbocycles. The summed E-state index contributed by atoms with van der Waals surface area (Å²) in [5.41, 5.74) is -0.327. The molecule has 0 unspecified atom stereocenters. The fraction of sp³-hybridized carbons (Fsp3) is 0.412. The van der Waals surface area contributed by atoms with Gasteiger partial charge in [-0.1, -0.05) is 42.7 Å². The maximum Gasteiger partial charge on any atom is 0.261 e. The van der Waals surface area contributed by atoms with Crippen molar-refractivity contribution in [3.8, 4) is 5.75 Å². The van der Waals surface area contributed by atoms with E-state index in [0.29, 0.717) is 16.4 Å². The number of amides is 1. The first-order valence-corrected chi connectivity index (χ1v) is 8.57. The van der Waals surface area contributed by atoms with Crippen LogP contribution in [0.15, 0.2) is 30.5 Å². The van der Waals surface area contributed by atoms with E-state index in [4.69, 9.17) is 4.74 Å². The number of anilines is 1. The van der Waals surface area contributed by atoms with Crippen molar-refractivity contribution in [3.63, 3.8) is 0 Å². The van der Waals surface area contributed by atoms with Crippen LogP contribution >= 0.6 is 11.3 Å². The quantitative estimate of drug-likeness (QED) is 0.898. The van der Waals surface area contributed by atoms with Crippen molar-refractivity contribution in [1.29, 1.82) is 0 Å². The Balaban J connectivity index is 1.75. The average molecular weight is 332 g/mol. The van der Waals surface area contributed by atoms with Crippen molar-refractivity contribution >= 4 is 22.4 Å². The molecule has 0 spiro atoms. The number of aliphatic hydroxyl groups is 1. The van der Waals surface area contributed by atoms with Gasteiger partial charge < -0.3 is 9.84 Å². The normalized spacial score (nSPS) is 16.8. The third kappa shape index (κ3) is 3.38. The molecule has 2 aromatic rings. The van der Waals surface area contributed by atoms with E-state index in [-0.39, 0.29) is 5.91 Å². The smallest absolute Gasteiger partial charge is 0.261 e. The van der Waals surface area contributed by atoms with E-state index >= 15 is 0 Å². The largest absolute Gasteiger partial charge is 0.496 e. The van der Waals surface area contributed by atoms with Crippen molar-refractivity contribution in [1.82, 2.24) is 4.98 Å². The predicted octanol–water partition coefficient (Wildman–Crippen LogP) is 3.56. The predicted molar refractivity (Wildman–Crippen MR) is 90.0 cm³/mol. The number of thiazole rings is 1. The van der Waals surface area contributed by atoms with Gasteiger partial charge in [-0.2, -0.15) is 0 Å². The van der Waals surface area contributed by atoms with E-state index in [9.17, 15) is 9.90 Å². The number of rotatable bonds is 4. The lowest BCUT2D eigenvalue weighted by Gasteiger charge is -2.30. The standard InChI is InChI=1S/C17H20N2O3S/c1-22-13-8-4-3-7-12(13)15(20)19-16-18-11-14(23-16)17(21)9-5-2-6-10-17/h3-4,7-8,11,21H,2,5-6,9-10H2,1H3,(H,18,19,20). The second-order valence-electron chi connectivity index (χ2n) is 5.78. The highest BCUT2D eigenvalue weighted by atomic mass is 32.1. The highest BCUT2D eigenvalue weighted by Gasteiger charge is 2.33. The van der Waals surface area contributed by atoms with E-state index in [2.05, 4.69) is 10.3 Å². The van der Waals surface area contributed by atoms with Gasteiger partial charge in [0.15, 0.2) is 5.13 Å². The van der Waals surface area contributed by atoms with Crippen LogP contribution in [-0.4, -0.2) is 23.1 Å². The maximum absolute atomic E-state index is 12.4. The Morgan fingerprint density at radius 1 is 1.30 bits per heavy atom. The monoisotopic (exact) mass is 332 g/mol. The van der Waals surface area contributed by atoms with Crippen LogP contribution < -0.4 is 10.1 Å². The van der Waals surface area contributed by atoms with Crippen LogP contribution in [0.2, 0.25) is 0 Å². The van der Waals surface area contributed by atoms with Gasteiger partial charge in [-0.3, -0.25) is 10.1 Å². The molecule has 0 atom stereocenters. The van der Waals surface area contributed by atoms with Gasteiger partial charge in [0.2, 0.25) is 0 Å². The molecule has 23 heavy (non-hydrogen) atoms. The number of nitrogens with zero attached hydrogens (tertiary/aromatic N) is 1. The molecule has 122 valence electrons. The molecule has 2 N–H and O–H groups in total. The Labute approximate surface area is 139 Å². The first kappa shape index (κ1) is 16.0. The molecule has 1 amide bonds. The molecule has 3 rings (SSSR count). The van der Waals surface area contributed by atoms with Crippen LogP contribution in [-0.2, 0) is 5.60 Å². The maximum atomic E-state index is 12.4. The van der Waals surface area contributed by atoms with E-state index in [1.54, 1.807) is 24.4 Å². The van der Waals surface area contributed by atoms with E-state index in [1.807, 2.05) is 6.07 Å². The Kier molecular flexibility index (Phi) is 4.63. The first-order chi connectivity index (χ1) is 11.1. The molecule has 0 aliphatic heterocycles. The number of carbonyl (C=O) groups is 1. The lowest BCUT2D eigenvalue weighted by atomic mass is 9.84. The van der Waals surface area contributed by atoms with E-state index < -0.39 is 5.60 Å². The number of nitrogens with one attached hydrogen (secondary N) is 1. The van der Waals surface area contributed by atoms with Crippen molar-refractivity contribution in [2.75, 3.05) is 12.4 Å². The zero-order valence-electron chi connectivity index (χ0n) is 13.0. The highest BCUT2D eigenvalue weighted by Crippen LogP contribution is 2.40. The second-order valence-corrected chi connectivity index (χ2v) is 6.81. The summed E-state index contributed by atoms with van der Waals surface area (Å²) in [5, 5.41) is 14.0. The van der Waals surface area contributed by atoms with Gasteiger partial charge in [0.05, 0.1) is 17.6 Å². The summed E-state index contributed by atoms with van der Waals surface area (Å²) >= 11 is 1.34. The molecule has 1 aromatic heterocycles. The molecule has 1 aliphatic carbocycles. The zero-order chi connectivity index (χ0) is 16.3. The molecule has 6 heteroatoms. The van der Waals surface area contributed by atoms with Crippen LogP contribution in [0.1, 0.15) is 47.3 Å². The number of carbonyl (C=O) groups excluding carboxylic acids is 1. The molecule has 1 heterocycles. The van der Waals surface area contributed by atoms with Crippen molar-refractivity contribution in [2.45, 2.75) is 37.7 Å². The number of para-hydroxylation sites is 1. The molecule has 1 aliphatic rings. The number of aromatic nitrogens is 1. The van der Waals surface area contributed by atoms with Gasteiger partial charge in [0, 0.05) is 6.20 Å². The summed E-state index contributed by atoms with van der Waals surface area (Å²) in [6, 6.07) is 7.05. The summed E-state index contributed by atoms with van der Waals surface area (Å²) in [4.78, 5) is 17.4. The van der Waals surface area contributed by atoms with Crippen LogP contribution in [0.5, 0.6) is 5.75 Å². The van der Waals surface area contributed by atoms with Crippen LogP contribution in [0, 0.1) is 0 Å². The number of hydrogen-bond acceptors (Lipinski definition) is 5. The first-order valence-electron chi connectivity index (χ1n) is 7.75. The Morgan fingerprint density at radius 2 is 2.04 bits per heavy atom. The third-order valence-electron chi connectivity index (χ3n) is 4.22. The van der Waals surface area contributed by atoms with Crippen LogP contribution in [0.25, 0.3) is 0 Å². The van der Waals surface area contributed by atoms with Gasteiger partial charge >= 0.3 is 0 Å². The summed E-state index contributed by atoms with van der Waals surface area (Å²) in [6.07, 6.45) is 6.41. The summed E-state index contributed by atoms with van der Waals surface area (Å²) in [7, 11) is 1.53. The number of ether oxygens (including phenoxy) is 1. The SMILES string of the molecule is COc1ccccc1C(=O)Nc1ncc(C2(O)CCCCC2)s1. The number of benzene rings is 1. The number of hydrogen-bond donors (Lipinski definition) is 2. The molecular weight excluding hydrogens is 312 g/mol. The fourth-order valence-corrected chi connectivity index (χ4v) is 3.88. The van der Waals surface area contributed by atoms with Gasteiger partial charge in [0.25, 0.3) is 5.91 Å². The molecule has 0 radical (unpaired) electrons. The summed E-state index contributed by atoms with van der Waals surface area (Å²) in [6.45, 7) is 0. The lowest BCUT2D eigenvalue weighted by Crippen LogP contribution is -2.27. The lowest BCUT2D eigenvalue weighted by molar-refractivity contribution is 0.00264. The Morgan fingerprint density at radius 3 is 2.78 bits per heavy atom. The Hall–Kier alpha value is -1.92. The third-order valence-corrected chi connectivity index (χ3v) is 5.32. The zero-order valence-corrected chi connectivity index (χ0v) is 13.9. The van der Waals surface area contributed by atoms with Crippen molar-refractivity contribution < 1.29 is 14.6 Å². The summed E-state index contributed by atoms with van der Waals surface area (Å²) in [5.74, 6) is 0.256. The molecule has 0 bridgehead atoms. The molecule has 0 saturated heterocycles. The molecular formula is C17H20N2O3S. The van der Waals surface area contributed by atoms with Crippen molar-refractivity contribution in [2.24, 2.45) is 0 Å². The summed E-state index contributed by atoms with van der Waals surface area (Å²) < 4.78 is 5.20. The van der Waals surface area contributed by atoms with Gasteiger partial charge in [-0.15, -0.1) is 0 Å². The molecule has 1 fully saturated rings. The molecule has 5 nitrogen and oxygen atoms in total. The van der Waals surface area contributed by atoms with E-state index in [1.165, 1.54) is 24.9 Å². The molecule has 1 aromatic carbocycles. The fourth-order valence-electron chi connectivity index (χ4n) is 2.93. The minimum absolute atomic E-state index is 0.265. The van der Waals surface area contributed by atoms with Gasteiger partial charge in [-0.05, 0) is 25.0 Å². The topological polar surface area (TPSA) is 71.5 Å². The van der Waals surface area contributed by atoms with Gasteiger partial charge in [0.1, 0.15) is 11.4 Å². The second kappa shape index (κ2) is 6.68. The van der Waals surface area contributed by atoms with Gasteiger partial charge in [-0.25, -0.2) is 4.98 Å². The minimum atomic E-state index is -0.788. The van der Waals surface area contributed by atoms with Crippen molar-refractivity contribution in [3.05, 3.63) is 40.9 Å². The highest BCUT2D eigenvalue weighted by molar-refractivity contribution is 7.15. The van der Waals surface area contributed by atoms with Crippen LogP contribution in [0.3, 0.4) is 0 Å². The number of methoxy groups -OCH3 is 1. The van der Waals surface area contributed by atoms with E-state index in [0.717, 1.165) is 30.6 Å². The average Bonchev–Trinajstić information content (AvgIpc) is 3.05. The Bertz CT molecular complexity index is 693. The van der Waals surface area contributed by atoms with Crippen LogP contribution in [0.4, 0.5) is 5.13 Å².